The number of nitrogens with zero attached hydrogens (tertiary/aromatic N) is 1. The Hall–Kier alpha value is -0.870. The summed E-state index contributed by atoms with van der Waals surface area (Å²) in [6.45, 7) is 9.40. The first-order chi connectivity index (χ1) is 9.02. The zero-order valence-corrected chi connectivity index (χ0v) is 13.1. The topological polar surface area (TPSA) is 32.3 Å². The molecule has 4 heteroatoms. The van der Waals surface area contributed by atoms with E-state index in [0.29, 0.717) is 5.92 Å². The number of hydrogen-bond acceptors (Lipinski definition) is 3. The Labute approximate surface area is 120 Å². The summed E-state index contributed by atoms with van der Waals surface area (Å²) < 4.78 is 0. The molecule has 0 bridgehead atoms. The Bertz CT molecular complexity index is 441. The lowest BCUT2D eigenvalue weighted by atomic mass is 10.1. The summed E-state index contributed by atoms with van der Waals surface area (Å²) in [7, 11) is 0. The molecule has 0 aliphatic carbocycles. The molecule has 1 fully saturated rings. The molecule has 2 rings (SSSR count). The number of carbonyl (C=O) groups is 1. The van der Waals surface area contributed by atoms with E-state index in [1.165, 1.54) is 9.75 Å². The molecule has 1 N–H and O–H groups in total. The van der Waals surface area contributed by atoms with Crippen molar-refractivity contribution in [3.05, 3.63) is 21.9 Å². The van der Waals surface area contributed by atoms with E-state index < -0.39 is 0 Å². The van der Waals surface area contributed by atoms with E-state index >= 15 is 0 Å². The van der Waals surface area contributed by atoms with E-state index in [1.807, 2.05) is 4.90 Å². The van der Waals surface area contributed by atoms with E-state index in [9.17, 15) is 4.79 Å². The minimum Gasteiger partial charge on any atom is -0.320 e. The normalized spacial score (nSPS) is 23.6. The number of rotatable bonds is 5. The predicted octanol–water partition coefficient (Wildman–Crippen LogP) is 3.31. The van der Waals surface area contributed by atoms with Crippen LogP contribution in [0, 0.1) is 12.8 Å². The third kappa shape index (κ3) is 3.18. The van der Waals surface area contributed by atoms with Gasteiger partial charge in [0, 0.05) is 16.3 Å². The number of nitrogens with one attached hydrogen (secondary N) is 1. The van der Waals surface area contributed by atoms with Crippen molar-refractivity contribution in [3.63, 3.8) is 0 Å². The van der Waals surface area contributed by atoms with Crippen LogP contribution < -0.4 is 5.32 Å². The fraction of sp³-hybridized carbons (Fsp3) is 0.667. The summed E-state index contributed by atoms with van der Waals surface area (Å²) in [5.74, 6) is 0.765. The van der Waals surface area contributed by atoms with Crippen LogP contribution in [0.15, 0.2) is 12.1 Å². The molecular weight excluding hydrogens is 256 g/mol. The van der Waals surface area contributed by atoms with Crippen LogP contribution >= 0.6 is 11.3 Å². The molecule has 3 nitrogen and oxygen atoms in total. The van der Waals surface area contributed by atoms with Gasteiger partial charge in [0.25, 0.3) is 0 Å². The van der Waals surface area contributed by atoms with Gasteiger partial charge in [0.1, 0.15) is 6.17 Å². The second kappa shape index (κ2) is 6.06. The highest BCUT2D eigenvalue weighted by Crippen LogP contribution is 2.31. The number of hydrogen-bond donors (Lipinski definition) is 1. The van der Waals surface area contributed by atoms with Crippen LogP contribution in [-0.2, 0) is 4.79 Å². The largest absolute Gasteiger partial charge is 0.320 e. The third-order valence-electron chi connectivity index (χ3n) is 3.42. The smallest absolute Gasteiger partial charge is 0.241 e. The highest BCUT2D eigenvalue weighted by molar-refractivity contribution is 7.12. The highest BCUT2D eigenvalue weighted by atomic mass is 32.1. The lowest BCUT2D eigenvalue weighted by molar-refractivity contribution is -0.130. The molecule has 0 saturated carbocycles. The summed E-state index contributed by atoms with van der Waals surface area (Å²) in [6, 6.07) is 4.27. The third-order valence-corrected chi connectivity index (χ3v) is 4.47. The molecule has 2 heterocycles. The van der Waals surface area contributed by atoms with Gasteiger partial charge in [-0.05, 0) is 31.4 Å². The number of aryl methyl sites for hydroxylation is 1. The second-order valence-corrected chi connectivity index (χ2v) is 7.06. The van der Waals surface area contributed by atoms with Crippen LogP contribution in [-0.4, -0.2) is 23.4 Å². The van der Waals surface area contributed by atoms with Gasteiger partial charge < -0.3 is 4.90 Å². The second-order valence-electron chi connectivity index (χ2n) is 5.74. The highest BCUT2D eigenvalue weighted by Gasteiger charge is 2.39. The number of amides is 1. The first-order valence-corrected chi connectivity index (χ1v) is 7.97. The van der Waals surface area contributed by atoms with Crippen molar-refractivity contribution in [3.8, 4) is 0 Å². The molecule has 19 heavy (non-hydrogen) atoms. The molecule has 1 aliphatic heterocycles. The first kappa shape index (κ1) is 14.5. The quantitative estimate of drug-likeness (QED) is 0.897. The van der Waals surface area contributed by atoms with Gasteiger partial charge in [-0.1, -0.05) is 27.2 Å². The SMILES string of the molecule is CCCC1NC(c2ccc(C)s2)N(CC(C)C)C1=O. The van der Waals surface area contributed by atoms with Gasteiger partial charge in [0.15, 0.2) is 0 Å². The molecule has 2 unspecified atom stereocenters. The van der Waals surface area contributed by atoms with Crippen LogP contribution in [0.1, 0.15) is 49.5 Å². The maximum atomic E-state index is 12.5. The minimum atomic E-state index is -0.00356. The first-order valence-electron chi connectivity index (χ1n) is 7.15. The fourth-order valence-electron chi connectivity index (χ4n) is 2.60. The van der Waals surface area contributed by atoms with E-state index in [-0.39, 0.29) is 18.1 Å². The average Bonchev–Trinajstić information content (AvgIpc) is 2.88. The van der Waals surface area contributed by atoms with Crippen molar-refractivity contribution in [2.24, 2.45) is 5.92 Å². The van der Waals surface area contributed by atoms with E-state index in [2.05, 4.69) is 45.1 Å². The lowest BCUT2D eigenvalue weighted by Gasteiger charge is -2.25. The number of carbonyl (C=O) groups excluding carboxylic acids is 1. The molecule has 1 aromatic heterocycles. The van der Waals surface area contributed by atoms with Gasteiger partial charge in [-0.25, -0.2) is 0 Å². The van der Waals surface area contributed by atoms with Gasteiger partial charge in [0.2, 0.25) is 5.91 Å². The molecule has 0 aromatic carbocycles. The molecule has 1 aromatic rings. The van der Waals surface area contributed by atoms with Crippen molar-refractivity contribution in [1.82, 2.24) is 10.2 Å². The molecule has 2 atom stereocenters. The van der Waals surface area contributed by atoms with Crippen LogP contribution in [0.5, 0.6) is 0 Å². The minimum absolute atomic E-state index is 0.00356. The molecule has 1 saturated heterocycles. The maximum Gasteiger partial charge on any atom is 0.241 e. The van der Waals surface area contributed by atoms with E-state index in [0.717, 1.165) is 19.4 Å². The van der Waals surface area contributed by atoms with Gasteiger partial charge >= 0.3 is 0 Å². The Morgan fingerprint density at radius 2 is 2.16 bits per heavy atom. The van der Waals surface area contributed by atoms with E-state index in [1.54, 1.807) is 11.3 Å². The van der Waals surface area contributed by atoms with Crippen LogP contribution in [0.2, 0.25) is 0 Å². The monoisotopic (exact) mass is 280 g/mol. The van der Waals surface area contributed by atoms with Crippen LogP contribution in [0.25, 0.3) is 0 Å². The lowest BCUT2D eigenvalue weighted by Crippen LogP contribution is -2.33. The van der Waals surface area contributed by atoms with Crippen molar-refractivity contribution >= 4 is 17.2 Å². The molecule has 0 radical (unpaired) electrons. The maximum absolute atomic E-state index is 12.5. The Morgan fingerprint density at radius 1 is 1.42 bits per heavy atom. The standard InChI is InChI=1S/C15H24N2OS/c1-5-6-12-15(18)17(9-10(2)3)14(16-12)13-8-7-11(4)19-13/h7-8,10,12,14,16H,5-6,9H2,1-4H3. The molecule has 106 valence electrons. The zero-order chi connectivity index (χ0) is 14.0. The molecule has 1 amide bonds. The van der Waals surface area contributed by atoms with Gasteiger partial charge in [-0.15, -0.1) is 11.3 Å². The average molecular weight is 280 g/mol. The van der Waals surface area contributed by atoms with Crippen molar-refractivity contribution in [1.29, 1.82) is 0 Å². The Morgan fingerprint density at radius 3 is 2.68 bits per heavy atom. The van der Waals surface area contributed by atoms with Crippen molar-refractivity contribution < 1.29 is 4.79 Å². The zero-order valence-electron chi connectivity index (χ0n) is 12.3. The predicted molar refractivity (Wildman–Crippen MR) is 80.2 cm³/mol. The summed E-state index contributed by atoms with van der Waals surface area (Å²) >= 11 is 1.78. The summed E-state index contributed by atoms with van der Waals surface area (Å²) in [6.07, 6.45) is 2.04. The van der Waals surface area contributed by atoms with Gasteiger partial charge in [-0.3, -0.25) is 10.1 Å². The van der Waals surface area contributed by atoms with Gasteiger partial charge in [0.05, 0.1) is 6.04 Å². The van der Waals surface area contributed by atoms with Crippen LogP contribution in [0.3, 0.4) is 0 Å². The summed E-state index contributed by atoms with van der Waals surface area (Å²) in [5.41, 5.74) is 0. The number of thiophene rings is 1. The van der Waals surface area contributed by atoms with Crippen molar-refractivity contribution in [2.75, 3.05) is 6.54 Å². The Kier molecular flexibility index (Phi) is 4.63. The molecule has 0 spiro atoms. The molecular formula is C15H24N2OS. The van der Waals surface area contributed by atoms with E-state index in [4.69, 9.17) is 0 Å². The molecule has 1 aliphatic rings. The fourth-order valence-corrected chi connectivity index (χ4v) is 3.55. The van der Waals surface area contributed by atoms with Crippen molar-refractivity contribution in [2.45, 2.75) is 52.7 Å². The summed E-state index contributed by atoms with van der Waals surface area (Å²) in [4.78, 5) is 17.1. The van der Waals surface area contributed by atoms with Crippen LogP contribution in [0.4, 0.5) is 0 Å². The summed E-state index contributed by atoms with van der Waals surface area (Å²) in [5, 5.41) is 3.51. The van der Waals surface area contributed by atoms with Gasteiger partial charge in [-0.2, -0.15) is 0 Å². The Balaban J connectivity index is 2.21.